The number of ether oxygens (including phenoxy) is 1. The standard InChI is InChI=1S/C15H11Br2ClO2/c1-9(15(19)10-2-4-11(16)5-3-10)20-14-7-6-12(17)8-13(14)18/h2-9H,1H3. The van der Waals surface area contributed by atoms with Gasteiger partial charge < -0.3 is 4.74 Å². The lowest BCUT2D eigenvalue weighted by Gasteiger charge is -2.15. The van der Waals surface area contributed by atoms with E-state index < -0.39 is 6.10 Å². The first-order chi connectivity index (χ1) is 9.47. The van der Waals surface area contributed by atoms with Crippen molar-refractivity contribution in [2.75, 3.05) is 0 Å². The number of halogens is 3. The predicted molar refractivity (Wildman–Crippen MR) is 87.7 cm³/mol. The Morgan fingerprint density at radius 2 is 1.70 bits per heavy atom. The number of carbonyl (C=O) groups is 1. The van der Waals surface area contributed by atoms with Crippen LogP contribution in [0.25, 0.3) is 0 Å². The van der Waals surface area contributed by atoms with Crippen LogP contribution in [0.1, 0.15) is 17.3 Å². The van der Waals surface area contributed by atoms with Gasteiger partial charge in [0, 0.05) is 14.5 Å². The van der Waals surface area contributed by atoms with Gasteiger partial charge in [0.2, 0.25) is 5.78 Å². The van der Waals surface area contributed by atoms with Crippen LogP contribution in [0, 0.1) is 0 Å². The smallest absolute Gasteiger partial charge is 0.202 e. The van der Waals surface area contributed by atoms with Crippen molar-refractivity contribution in [1.29, 1.82) is 0 Å². The van der Waals surface area contributed by atoms with E-state index >= 15 is 0 Å². The van der Waals surface area contributed by atoms with Gasteiger partial charge in [-0.3, -0.25) is 4.79 Å². The fourth-order valence-corrected chi connectivity index (χ4v) is 2.65. The van der Waals surface area contributed by atoms with Crippen molar-refractivity contribution in [2.24, 2.45) is 0 Å². The maximum absolute atomic E-state index is 12.2. The SMILES string of the molecule is CC(Oc1ccc(Br)cc1Cl)C(=O)c1ccc(Br)cc1. The molecule has 0 aromatic heterocycles. The zero-order valence-electron chi connectivity index (χ0n) is 10.6. The molecule has 20 heavy (non-hydrogen) atoms. The minimum atomic E-state index is -0.602. The zero-order chi connectivity index (χ0) is 14.7. The van der Waals surface area contributed by atoms with Crippen molar-refractivity contribution in [2.45, 2.75) is 13.0 Å². The Hall–Kier alpha value is -0.840. The van der Waals surface area contributed by atoms with Gasteiger partial charge in [0.25, 0.3) is 0 Å². The Balaban J connectivity index is 2.13. The van der Waals surface area contributed by atoms with Crippen molar-refractivity contribution in [1.82, 2.24) is 0 Å². The van der Waals surface area contributed by atoms with Crippen LogP contribution in [-0.2, 0) is 0 Å². The largest absolute Gasteiger partial charge is 0.481 e. The lowest BCUT2D eigenvalue weighted by atomic mass is 10.1. The molecular formula is C15H11Br2ClO2. The Labute approximate surface area is 139 Å². The molecule has 2 aromatic rings. The summed E-state index contributed by atoms with van der Waals surface area (Å²) >= 11 is 12.7. The third kappa shape index (κ3) is 3.84. The monoisotopic (exact) mass is 416 g/mol. The van der Waals surface area contributed by atoms with E-state index in [0.29, 0.717) is 16.3 Å². The summed E-state index contributed by atoms with van der Waals surface area (Å²) < 4.78 is 7.42. The minimum absolute atomic E-state index is 0.0866. The van der Waals surface area contributed by atoms with E-state index in [9.17, 15) is 4.79 Å². The van der Waals surface area contributed by atoms with E-state index in [1.165, 1.54) is 0 Å². The van der Waals surface area contributed by atoms with Crippen LogP contribution in [0.2, 0.25) is 5.02 Å². The van der Waals surface area contributed by atoms with E-state index in [4.69, 9.17) is 16.3 Å². The normalized spacial score (nSPS) is 12.0. The van der Waals surface area contributed by atoms with Gasteiger partial charge >= 0.3 is 0 Å². The molecule has 2 aromatic carbocycles. The highest BCUT2D eigenvalue weighted by atomic mass is 79.9. The average molecular weight is 419 g/mol. The predicted octanol–water partition coefficient (Wildman–Crippen LogP) is 5.52. The zero-order valence-corrected chi connectivity index (χ0v) is 14.5. The second-order valence-corrected chi connectivity index (χ2v) is 6.44. The molecule has 1 unspecified atom stereocenters. The fourth-order valence-electron chi connectivity index (χ4n) is 1.66. The Morgan fingerprint density at radius 1 is 1.10 bits per heavy atom. The van der Waals surface area contributed by atoms with Gasteiger partial charge in [0.05, 0.1) is 5.02 Å². The lowest BCUT2D eigenvalue weighted by Crippen LogP contribution is -2.24. The maximum Gasteiger partial charge on any atom is 0.202 e. The maximum atomic E-state index is 12.2. The van der Waals surface area contributed by atoms with E-state index in [-0.39, 0.29) is 5.78 Å². The van der Waals surface area contributed by atoms with Crippen LogP contribution in [-0.4, -0.2) is 11.9 Å². The molecule has 0 saturated carbocycles. The molecule has 0 aliphatic carbocycles. The third-order valence-electron chi connectivity index (χ3n) is 2.70. The summed E-state index contributed by atoms with van der Waals surface area (Å²) in [6, 6.07) is 12.5. The van der Waals surface area contributed by atoms with Crippen molar-refractivity contribution in [3.63, 3.8) is 0 Å². The molecule has 0 spiro atoms. The van der Waals surface area contributed by atoms with E-state index in [2.05, 4.69) is 31.9 Å². The summed E-state index contributed by atoms with van der Waals surface area (Å²) in [5.74, 6) is 0.407. The third-order valence-corrected chi connectivity index (χ3v) is 4.01. The lowest BCUT2D eigenvalue weighted by molar-refractivity contribution is 0.0818. The van der Waals surface area contributed by atoms with Crippen molar-refractivity contribution < 1.29 is 9.53 Å². The van der Waals surface area contributed by atoms with Crippen molar-refractivity contribution in [3.8, 4) is 5.75 Å². The first kappa shape index (κ1) is 15.5. The molecule has 5 heteroatoms. The number of rotatable bonds is 4. The second kappa shape index (κ2) is 6.74. The van der Waals surface area contributed by atoms with Crippen molar-refractivity contribution in [3.05, 3.63) is 62.0 Å². The van der Waals surface area contributed by atoms with Crippen molar-refractivity contribution >= 4 is 49.2 Å². The Morgan fingerprint density at radius 3 is 2.30 bits per heavy atom. The second-order valence-electron chi connectivity index (χ2n) is 4.21. The fraction of sp³-hybridized carbons (Fsp3) is 0.133. The van der Waals surface area contributed by atoms with Crippen LogP contribution in [0.3, 0.4) is 0 Å². The molecule has 0 N–H and O–H groups in total. The van der Waals surface area contributed by atoms with Gasteiger partial charge in [0.1, 0.15) is 5.75 Å². The number of benzene rings is 2. The van der Waals surface area contributed by atoms with E-state index in [1.807, 2.05) is 18.2 Å². The molecule has 1 atom stereocenters. The summed E-state index contributed by atoms with van der Waals surface area (Å²) in [4.78, 5) is 12.2. The molecule has 104 valence electrons. The van der Waals surface area contributed by atoms with Gasteiger partial charge in [-0.1, -0.05) is 55.6 Å². The summed E-state index contributed by atoms with van der Waals surface area (Å²) in [6.07, 6.45) is -0.602. The topological polar surface area (TPSA) is 26.3 Å². The van der Waals surface area contributed by atoms with Gasteiger partial charge in [-0.05, 0) is 37.3 Å². The first-order valence-corrected chi connectivity index (χ1v) is 7.85. The molecule has 0 heterocycles. The summed E-state index contributed by atoms with van der Waals surface area (Å²) in [6.45, 7) is 1.71. The molecule has 0 fully saturated rings. The van der Waals surface area contributed by atoms with E-state index in [0.717, 1.165) is 8.95 Å². The number of ketones is 1. The van der Waals surface area contributed by atoms with Gasteiger partial charge in [0.15, 0.2) is 6.10 Å². The Kier molecular flexibility index (Phi) is 5.24. The average Bonchev–Trinajstić information content (AvgIpc) is 2.42. The molecule has 0 aliphatic rings. The quantitative estimate of drug-likeness (QED) is 0.612. The summed E-state index contributed by atoms with van der Waals surface area (Å²) in [5.41, 5.74) is 0.605. The number of Topliss-reactive ketones (excluding diaryl/α,β-unsaturated/α-hetero) is 1. The van der Waals surface area contributed by atoms with Gasteiger partial charge in [-0.2, -0.15) is 0 Å². The van der Waals surface area contributed by atoms with Crippen LogP contribution in [0.15, 0.2) is 51.4 Å². The molecule has 2 nitrogen and oxygen atoms in total. The number of hydrogen-bond donors (Lipinski definition) is 0. The van der Waals surface area contributed by atoms with Gasteiger partial charge in [-0.15, -0.1) is 0 Å². The molecule has 0 saturated heterocycles. The first-order valence-electron chi connectivity index (χ1n) is 5.89. The van der Waals surface area contributed by atoms with Crippen LogP contribution in [0.4, 0.5) is 0 Å². The van der Waals surface area contributed by atoms with Gasteiger partial charge in [-0.25, -0.2) is 0 Å². The number of carbonyl (C=O) groups excluding carboxylic acids is 1. The molecule has 0 amide bonds. The molecule has 0 radical (unpaired) electrons. The molecular weight excluding hydrogens is 407 g/mol. The molecule has 2 rings (SSSR count). The van der Waals surface area contributed by atoms with Crippen LogP contribution in [0.5, 0.6) is 5.75 Å². The summed E-state index contributed by atoms with van der Waals surface area (Å²) in [5, 5.41) is 0.467. The Bertz CT molecular complexity index is 626. The summed E-state index contributed by atoms with van der Waals surface area (Å²) in [7, 11) is 0. The molecule has 0 bridgehead atoms. The van der Waals surface area contributed by atoms with E-state index in [1.54, 1.807) is 31.2 Å². The van der Waals surface area contributed by atoms with Crippen LogP contribution >= 0.6 is 43.5 Å². The molecule has 0 aliphatic heterocycles. The van der Waals surface area contributed by atoms with Crippen LogP contribution < -0.4 is 4.74 Å². The highest BCUT2D eigenvalue weighted by Gasteiger charge is 2.18. The number of hydrogen-bond acceptors (Lipinski definition) is 2. The minimum Gasteiger partial charge on any atom is -0.481 e. The highest BCUT2D eigenvalue weighted by molar-refractivity contribution is 9.10. The highest BCUT2D eigenvalue weighted by Crippen LogP contribution is 2.29.